The number of methoxy groups -OCH3 is 2. The minimum absolute atomic E-state index is 0.143. The largest absolute Gasteiger partial charge is 0.464 e. The van der Waals surface area contributed by atoms with Crippen molar-refractivity contribution in [2.75, 3.05) is 14.2 Å². The number of hydrogen-bond donors (Lipinski definition) is 0. The molecule has 0 N–H and O–H groups in total. The highest BCUT2D eigenvalue weighted by Crippen LogP contribution is 2.19. The van der Waals surface area contributed by atoms with Crippen molar-refractivity contribution < 1.29 is 19.1 Å². The molecule has 0 saturated carbocycles. The van der Waals surface area contributed by atoms with Crippen LogP contribution in [0.25, 0.3) is 11.0 Å². The van der Waals surface area contributed by atoms with E-state index < -0.39 is 11.9 Å². The lowest BCUT2D eigenvalue weighted by molar-refractivity contribution is 0.0545. The van der Waals surface area contributed by atoms with Crippen LogP contribution >= 0.6 is 0 Å². The third-order valence-corrected chi connectivity index (χ3v) is 3.04. The smallest absolute Gasteiger partial charge is 0.359 e. The predicted molar refractivity (Wildman–Crippen MR) is 71.7 cm³/mol. The quantitative estimate of drug-likeness (QED) is 0.777. The predicted octanol–water partition coefficient (Wildman–Crippen LogP) is 1.82. The first-order valence-corrected chi connectivity index (χ1v) is 5.93. The Bertz CT molecular complexity index is 649. The van der Waals surface area contributed by atoms with Gasteiger partial charge in [0.1, 0.15) is 0 Å². The maximum Gasteiger partial charge on any atom is 0.359 e. The second-order valence-electron chi connectivity index (χ2n) is 4.33. The molecule has 104 valence electrons. The van der Waals surface area contributed by atoms with Crippen LogP contribution in [0.5, 0.6) is 0 Å². The molecule has 2 aromatic rings. The van der Waals surface area contributed by atoms with Gasteiger partial charge in [-0.05, 0) is 37.1 Å². The van der Waals surface area contributed by atoms with Crippen LogP contribution in [0.1, 0.15) is 32.1 Å². The van der Waals surface area contributed by atoms with E-state index in [4.69, 9.17) is 0 Å². The van der Waals surface area contributed by atoms with Crippen LogP contribution in [0.15, 0.2) is 12.1 Å². The first-order valence-electron chi connectivity index (χ1n) is 5.93. The number of carbonyl (C=O) groups is 2. The lowest BCUT2D eigenvalue weighted by Crippen LogP contribution is -2.16. The van der Waals surface area contributed by atoms with E-state index in [0.717, 1.165) is 11.1 Å². The summed E-state index contributed by atoms with van der Waals surface area (Å²) < 4.78 is 9.25. The molecule has 0 aliphatic carbocycles. The SMILES string of the molecule is COC(=O)c1nc2cc(C)c(C)cc2nc1C(=O)OC. The van der Waals surface area contributed by atoms with E-state index >= 15 is 0 Å². The topological polar surface area (TPSA) is 78.4 Å². The van der Waals surface area contributed by atoms with Gasteiger partial charge in [-0.2, -0.15) is 0 Å². The molecule has 0 saturated heterocycles. The molecular weight excluding hydrogens is 260 g/mol. The second-order valence-corrected chi connectivity index (χ2v) is 4.33. The number of aryl methyl sites for hydroxylation is 2. The van der Waals surface area contributed by atoms with Gasteiger partial charge in [-0.3, -0.25) is 0 Å². The minimum atomic E-state index is -0.724. The summed E-state index contributed by atoms with van der Waals surface area (Å²) in [6, 6.07) is 3.62. The Morgan fingerprint density at radius 3 is 1.50 bits per heavy atom. The van der Waals surface area contributed by atoms with E-state index in [1.165, 1.54) is 14.2 Å². The molecule has 1 aromatic carbocycles. The van der Waals surface area contributed by atoms with E-state index in [2.05, 4.69) is 19.4 Å². The van der Waals surface area contributed by atoms with Gasteiger partial charge in [-0.25, -0.2) is 19.6 Å². The minimum Gasteiger partial charge on any atom is -0.464 e. The summed E-state index contributed by atoms with van der Waals surface area (Å²) in [5, 5.41) is 0. The summed E-state index contributed by atoms with van der Waals surface area (Å²) in [7, 11) is 2.44. The zero-order valence-corrected chi connectivity index (χ0v) is 11.7. The normalized spacial score (nSPS) is 10.4. The summed E-state index contributed by atoms with van der Waals surface area (Å²) in [4.78, 5) is 31.8. The third kappa shape index (κ3) is 2.32. The molecule has 0 aliphatic rings. The van der Waals surface area contributed by atoms with Gasteiger partial charge in [-0.1, -0.05) is 0 Å². The van der Waals surface area contributed by atoms with Crippen molar-refractivity contribution in [3.63, 3.8) is 0 Å². The van der Waals surface area contributed by atoms with Gasteiger partial charge in [0.15, 0.2) is 11.4 Å². The van der Waals surface area contributed by atoms with Gasteiger partial charge in [0, 0.05) is 0 Å². The first kappa shape index (κ1) is 13.9. The molecule has 0 fully saturated rings. The Balaban J connectivity index is 2.77. The monoisotopic (exact) mass is 274 g/mol. The summed E-state index contributed by atoms with van der Waals surface area (Å²) in [6.45, 7) is 3.87. The molecule has 1 heterocycles. The lowest BCUT2D eigenvalue weighted by Gasteiger charge is -2.08. The molecule has 6 heteroatoms. The van der Waals surface area contributed by atoms with Crippen LogP contribution in [-0.4, -0.2) is 36.1 Å². The summed E-state index contributed by atoms with van der Waals surface area (Å²) in [5.41, 5.74) is 2.81. The summed E-state index contributed by atoms with van der Waals surface area (Å²) in [6.07, 6.45) is 0. The molecule has 0 spiro atoms. The number of rotatable bonds is 2. The van der Waals surface area contributed by atoms with Gasteiger partial charge < -0.3 is 9.47 Å². The molecule has 0 atom stereocenters. The van der Waals surface area contributed by atoms with Crippen molar-refractivity contribution in [3.8, 4) is 0 Å². The molecule has 0 amide bonds. The first-order chi connectivity index (χ1) is 9.47. The number of hydrogen-bond acceptors (Lipinski definition) is 6. The average molecular weight is 274 g/mol. The third-order valence-electron chi connectivity index (χ3n) is 3.04. The molecule has 0 aliphatic heterocycles. The number of esters is 2. The van der Waals surface area contributed by atoms with E-state index in [1.54, 1.807) is 0 Å². The molecule has 0 unspecified atom stereocenters. The molecule has 0 bridgehead atoms. The van der Waals surface area contributed by atoms with E-state index in [9.17, 15) is 9.59 Å². The molecular formula is C14H14N2O4. The van der Waals surface area contributed by atoms with Gasteiger partial charge in [-0.15, -0.1) is 0 Å². The Kier molecular flexibility index (Phi) is 3.65. The maximum absolute atomic E-state index is 11.7. The van der Waals surface area contributed by atoms with E-state index in [-0.39, 0.29) is 11.4 Å². The highest BCUT2D eigenvalue weighted by atomic mass is 16.5. The van der Waals surface area contributed by atoms with Crippen LogP contribution in [0.2, 0.25) is 0 Å². The maximum atomic E-state index is 11.7. The van der Waals surface area contributed by atoms with Crippen LogP contribution in [0, 0.1) is 13.8 Å². The van der Waals surface area contributed by atoms with Crippen molar-refractivity contribution in [1.82, 2.24) is 9.97 Å². The average Bonchev–Trinajstić information content (AvgIpc) is 2.45. The van der Waals surface area contributed by atoms with E-state index in [0.29, 0.717) is 11.0 Å². The summed E-state index contributed by atoms with van der Waals surface area (Å²) in [5.74, 6) is -1.45. The van der Waals surface area contributed by atoms with Crippen LogP contribution in [-0.2, 0) is 9.47 Å². The van der Waals surface area contributed by atoms with E-state index in [1.807, 2.05) is 26.0 Å². The van der Waals surface area contributed by atoms with Gasteiger partial charge in [0.25, 0.3) is 0 Å². The zero-order valence-electron chi connectivity index (χ0n) is 11.7. The zero-order chi connectivity index (χ0) is 14.9. The van der Waals surface area contributed by atoms with Crippen LogP contribution in [0.4, 0.5) is 0 Å². The second kappa shape index (κ2) is 5.24. The Morgan fingerprint density at radius 2 is 1.20 bits per heavy atom. The fourth-order valence-corrected chi connectivity index (χ4v) is 1.79. The van der Waals surface area contributed by atoms with Crippen LogP contribution < -0.4 is 0 Å². The number of aromatic nitrogens is 2. The molecule has 6 nitrogen and oxygen atoms in total. The Hall–Kier alpha value is -2.50. The molecule has 20 heavy (non-hydrogen) atoms. The highest BCUT2D eigenvalue weighted by molar-refractivity contribution is 6.02. The molecule has 0 radical (unpaired) electrons. The number of benzene rings is 1. The van der Waals surface area contributed by atoms with Crippen molar-refractivity contribution in [2.45, 2.75) is 13.8 Å². The van der Waals surface area contributed by atoms with Crippen LogP contribution in [0.3, 0.4) is 0 Å². The van der Waals surface area contributed by atoms with Gasteiger partial charge in [0.2, 0.25) is 0 Å². The fraction of sp³-hybridized carbons (Fsp3) is 0.286. The number of fused-ring (bicyclic) bond motifs is 1. The molecule has 2 rings (SSSR count). The van der Waals surface area contributed by atoms with Crippen molar-refractivity contribution in [3.05, 3.63) is 34.6 Å². The summed E-state index contributed by atoms with van der Waals surface area (Å²) >= 11 is 0. The Labute approximate surface area is 115 Å². The van der Waals surface area contributed by atoms with Gasteiger partial charge >= 0.3 is 11.9 Å². The standard InChI is InChI=1S/C14H14N2O4/c1-7-5-9-10(6-8(7)2)16-12(14(18)20-4)11(15-9)13(17)19-3/h5-6H,1-4H3. The fourth-order valence-electron chi connectivity index (χ4n) is 1.79. The lowest BCUT2D eigenvalue weighted by atomic mass is 10.1. The number of ether oxygens (including phenoxy) is 2. The highest BCUT2D eigenvalue weighted by Gasteiger charge is 2.23. The number of carbonyl (C=O) groups excluding carboxylic acids is 2. The van der Waals surface area contributed by atoms with Crippen molar-refractivity contribution in [1.29, 1.82) is 0 Å². The molecule has 1 aromatic heterocycles. The van der Waals surface area contributed by atoms with Crippen molar-refractivity contribution in [2.24, 2.45) is 0 Å². The Morgan fingerprint density at radius 1 is 0.850 bits per heavy atom. The number of nitrogens with zero attached hydrogens (tertiary/aromatic N) is 2. The van der Waals surface area contributed by atoms with Crippen molar-refractivity contribution >= 4 is 23.0 Å². The van der Waals surface area contributed by atoms with Gasteiger partial charge in [0.05, 0.1) is 25.3 Å².